The third-order valence-corrected chi connectivity index (χ3v) is 3.15. The van der Waals surface area contributed by atoms with Crippen molar-refractivity contribution in [1.29, 1.82) is 5.26 Å². The van der Waals surface area contributed by atoms with Gasteiger partial charge in [-0.3, -0.25) is 4.98 Å². The molecule has 4 heteroatoms. The van der Waals surface area contributed by atoms with E-state index in [0.29, 0.717) is 10.6 Å². The van der Waals surface area contributed by atoms with Crippen LogP contribution < -0.4 is 4.90 Å². The molecule has 96 valence electrons. The third kappa shape index (κ3) is 3.46. The Bertz CT molecular complexity index is 590. The molecule has 0 aliphatic heterocycles. The van der Waals surface area contributed by atoms with Gasteiger partial charge in [-0.25, -0.2) is 0 Å². The van der Waals surface area contributed by atoms with Gasteiger partial charge in [0.2, 0.25) is 0 Å². The number of likely N-dealkylation sites (N-methyl/N-ethyl adjacent to an activating group) is 1. The highest BCUT2D eigenvalue weighted by Gasteiger charge is 2.08. The number of halogens is 1. The van der Waals surface area contributed by atoms with E-state index in [4.69, 9.17) is 16.9 Å². The Kier molecular flexibility index (Phi) is 4.38. The zero-order chi connectivity index (χ0) is 13.7. The number of hydrogen-bond acceptors (Lipinski definition) is 3. The molecule has 0 aliphatic carbocycles. The minimum Gasteiger partial charge on any atom is -0.373 e. The van der Waals surface area contributed by atoms with Crippen LogP contribution in [0.1, 0.15) is 11.3 Å². The molecule has 0 atom stereocenters. The molecule has 0 saturated carbocycles. The Morgan fingerprint density at radius 2 is 2.16 bits per heavy atom. The van der Waals surface area contributed by atoms with Gasteiger partial charge in [0.05, 0.1) is 11.3 Å². The van der Waals surface area contributed by atoms with Crippen LogP contribution in [0.15, 0.2) is 42.6 Å². The minimum absolute atomic E-state index is 0.582. The highest BCUT2D eigenvalue weighted by Crippen LogP contribution is 2.22. The van der Waals surface area contributed by atoms with Crippen LogP contribution in [0.25, 0.3) is 0 Å². The lowest BCUT2D eigenvalue weighted by molar-refractivity contribution is 0.851. The second-order valence-electron chi connectivity index (χ2n) is 4.27. The summed E-state index contributed by atoms with van der Waals surface area (Å²) in [7, 11) is 1.97. The Hall–Kier alpha value is -2.05. The van der Waals surface area contributed by atoms with Gasteiger partial charge < -0.3 is 4.90 Å². The zero-order valence-corrected chi connectivity index (χ0v) is 11.4. The minimum atomic E-state index is 0.582. The van der Waals surface area contributed by atoms with E-state index in [9.17, 15) is 0 Å². The summed E-state index contributed by atoms with van der Waals surface area (Å²) >= 11 is 5.89. The third-order valence-electron chi connectivity index (χ3n) is 2.92. The van der Waals surface area contributed by atoms with E-state index >= 15 is 0 Å². The molecule has 19 heavy (non-hydrogen) atoms. The molecule has 2 aromatic rings. The second kappa shape index (κ2) is 6.21. The highest BCUT2D eigenvalue weighted by molar-refractivity contribution is 6.30. The maximum atomic E-state index is 9.13. The summed E-state index contributed by atoms with van der Waals surface area (Å²) in [5.74, 6) is 0. The van der Waals surface area contributed by atoms with E-state index in [1.54, 1.807) is 18.3 Å². The molecular formula is C15H14ClN3. The topological polar surface area (TPSA) is 39.9 Å². The molecule has 0 unspecified atom stereocenters. The second-order valence-corrected chi connectivity index (χ2v) is 4.70. The molecule has 0 radical (unpaired) electrons. The van der Waals surface area contributed by atoms with Gasteiger partial charge in [0.15, 0.2) is 0 Å². The van der Waals surface area contributed by atoms with Crippen molar-refractivity contribution in [2.24, 2.45) is 0 Å². The lowest BCUT2D eigenvalue weighted by Gasteiger charge is -2.20. The molecule has 0 spiro atoms. The van der Waals surface area contributed by atoms with Gasteiger partial charge in [0.1, 0.15) is 6.07 Å². The van der Waals surface area contributed by atoms with Crippen LogP contribution in [0.3, 0.4) is 0 Å². The number of anilines is 1. The van der Waals surface area contributed by atoms with Crippen LogP contribution in [0.2, 0.25) is 5.02 Å². The van der Waals surface area contributed by atoms with Gasteiger partial charge in [0, 0.05) is 36.9 Å². The Labute approximate surface area is 118 Å². The summed E-state index contributed by atoms with van der Waals surface area (Å²) in [5, 5.41) is 9.71. The molecule has 1 aromatic heterocycles. The van der Waals surface area contributed by atoms with Crippen LogP contribution in [0, 0.1) is 11.3 Å². The normalized spacial score (nSPS) is 9.95. The van der Waals surface area contributed by atoms with E-state index in [2.05, 4.69) is 11.1 Å². The van der Waals surface area contributed by atoms with Crippen LogP contribution in [0.5, 0.6) is 0 Å². The van der Waals surface area contributed by atoms with Crippen molar-refractivity contribution in [3.05, 3.63) is 58.9 Å². The first-order valence-electron chi connectivity index (χ1n) is 6.01. The van der Waals surface area contributed by atoms with E-state index in [1.807, 2.05) is 36.2 Å². The molecule has 2 rings (SSSR count). The summed E-state index contributed by atoms with van der Waals surface area (Å²) in [6, 6.07) is 13.4. The van der Waals surface area contributed by atoms with Gasteiger partial charge >= 0.3 is 0 Å². The van der Waals surface area contributed by atoms with Crippen molar-refractivity contribution >= 4 is 17.3 Å². The Morgan fingerprint density at radius 3 is 2.84 bits per heavy atom. The van der Waals surface area contributed by atoms with E-state index in [0.717, 1.165) is 24.3 Å². The lowest BCUT2D eigenvalue weighted by Crippen LogP contribution is -2.21. The molecule has 0 amide bonds. The number of benzene rings is 1. The molecule has 0 aliphatic rings. The summed E-state index contributed by atoms with van der Waals surface area (Å²) in [6.45, 7) is 0.799. The summed E-state index contributed by atoms with van der Waals surface area (Å²) in [6.07, 6.45) is 2.63. The van der Waals surface area contributed by atoms with Crippen molar-refractivity contribution in [2.75, 3.05) is 18.5 Å². The fraction of sp³-hybridized carbons (Fsp3) is 0.200. The average Bonchev–Trinajstić information content (AvgIpc) is 2.45. The number of nitrogens with zero attached hydrogens (tertiary/aromatic N) is 3. The number of pyridine rings is 1. The van der Waals surface area contributed by atoms with Crippen LogP contribution in [-0.2, 0) is 6.42 Å². The van der Waals surface area contributed by atoms with Crippen molar-refractivity contribution < 1.29 is 0 Å². The lowest BCUT2D eigenvalue weighted by atomic mass is 10.1. The van der Waals surface area contributed by atoms with Gasteiger partial charge in [-0.05, 0) is 30.3 Å². The predicted molar refractivity (Wildman–Crippen MR) is 77.4 cm³/mol. The summed E-state index contributed by atoms with van der Waals surface area (Å²) in [5.41, 5.74) is 2.53. The van der Waals surface area contributed by atoms with Crippen molar-refractivity contribution in [1.82, 2.24) is 4.98 Å². The molecule has 3 nitrogen and oxygen atoms in total. The number of nitriles is 1. The fourth-order valence-corrected chi connectivity index (χ4v) is 2.05. The largest absolute Gasteiger partial charge is 0.373 e. The van der Waals surface area contributed by atoms with Gasteiger partial charge in [-0.15, -0.1) is 0 Å². The van der Waals surface area contributed by atoms with Crippen LogP contribution in [0.4, 0.5) is 5.69 Å². The standard InChI is InChI=1S/C15H14ClN3/c1-19(9-7-14-4-2-3-8-18-14)15-6-5-13(16)10-12(15)11-17/h2-6,8,10H,7,9H2,1H3. The highest BCUT2D eigenvalue weighted by atomic mass is 35.5. The van der Waals surface area contributed by atoms with Gasteiger partial charge in [0.25, 0.3) is 0 Å². The maximum Gasteiger partial charge on any atom is 0.101 e. The first-order valence-corrected chi connectivity index (χ1v) is 6.39. The van der Waals surface area contributed by atoms with Crippen molar-refractivity contribution in [3.63, 3.8) is 0 Å². The van der Waals surface area contributed by atoms with E-state index in [1.165, 1.54) is 0 Å². The van der Waals surface area contributed by atoms with E-state index < -0.39 is 0 Å². The molecule has 1 aromatic carbocycles. The van der Waals surface area contributed by atoms with Crippen molar-refractivity contribution in [3.8, 4) is 6.07 Å². The van der Waals surface area contributed by atoms with Crippen LogP contribution >= 0.6 is 11.6 Å². The first-order chi connectivity index (χ1) is 9.20. The molecule has 0 bridgehead atoms. The summed E-state index contributed by atoms with van der Waals surface area (Å²) < 4.78 is 0. The maximum absolute atomic E-state index is 9.13. The monoisotopic (exact) mass is 271 g/mol. The molecule has 1 heterocycles. The number of hydrogen-bond donors (Lipinski definition) is 0. The van der Waals surface area contributed by atoms with Gasteiger partial charge in [-0.2, -0.15) is 5.26 Å². The molecule has 0 fully saturated rings. The molecule has 0 saturated heterocycles. The fourth-order valence-electron chi connectivity index (χ4n) is 1.88. The van der Waals surface area contributed by atoms with E-state index in [-0.39, 0.29) is 0 Å². The Morgan fingerprint density at radius 1 is 1.32 bits per heavy atom. The Balaban J connectivity index is 2.08. The summed E-state index contributed by atoms with van der Waals surface area (Å²) in [4.78, 5) is 6.33. The predicted octanol–water partition coefficient (Wildman–Crippen LogP) is 3.29. The smallest absolute Gasteiger partial charge is 0.101 e. The van der Waals surface area contributed by atoms with Crippen LogP contribution in [-0.4, -0.2) is 18.6 Å². The zero-order valence-electron chi connectivity index (χ0n) is 10.7. The average molecular weight is 272 g/mol. The first kappa shape index (κ1) is 13.4. The number of rotatable bonds is 4. The van der Waals surface area contributed by atoms with Crippen molar-refractivity contribution in [2.45, 2.75) is 6.42 Å². The molecular weight excluding hydrogens is 258 g/mol. The quantitative estimate of drug-likeness (QED) is 0.857. The van der Waals surface area contributed by atoms with Gasteiger partial charge in [-0.1, -0.05) is 17.7 Å². The molecule has 0 N–H and O–H groups in total. The number of aromatic nitrogens is 1. The SMILES string of the molecule is CN(CCc1ccccn1)c1ccc(Cl)cc1C#N.